The van der Waals surface area contributed by atoms with Crippen molar-refractivity contribution in [2.24, 2.45) is 5.92 Å². The van der Waals surface area contributed by atoms with Crippen molar-refractivity contribution >= 4 is 51.5 Å². The van der Waals surface area contributed by atoms with Crippen molar-refractivity contribution < 1.29 is 9.59 Å². The number of aromatic nitrogens is 1. The quantitative estimate of drug-likeness (QED) is 0.602. The maximum atomic E-state index is 12.6. The number of amides is 2. The Morgan fingerprint density at radius 3 is 2.48 bits per heavy atom. The number of carbonyl (C=O) groups excluding carboxylic acids is 2. The average Bonchev–Trinajstić information content (AvgIpc) is 2.74. The number of nitrogens with zero attached hydrogens (tertiary/aromatic N) is 2. The smallest absolute Gasteiger partial charge is 0.227 e. The molecule has 0 saturated carbocycles. The second-order valence-corrected chi connectivity index (χ2v) is 8.41. The Labute approximate surface area is 186 Å². The number of carbonyl (C=O) groups is 2. The van der Waals surface area contributed by atoms with Crippen LogP contribution >= 0.6 is 11.6 Å². The average molecular weight is 437 g/mol. The van der Waals surface area contributed by atoms with Gasteiger partial charge in [-0.1, -0.05) is 17.7 Å². The van der Waals surface area contributed by atoms with E-state index < -0.39 is 0 Å². The summed E-state index contributed by atoms with van der Waals surface area (Å²) in [5.74, 6) is 0.835. The van der Waals surface area contributed by atoms with Crippen LogP contribution in [0.1, 0.15) is 25.3 Å². The van der Waals surface area contributed by atoms with Gasteiger partial charge in [0, 0.05) is 47.7 Å². The molecule has 2 aromatic carbocycles. The highest BCUT2D eigenvalue weighted by atomic mass is 35.5. The van der Waals surface area contributed by atoms with Crippen LogP contribution in [0.2, 0.25) is 5.02 Å². The van der Waals surface area contributed by atoms with E-state index in [1.807, 2.05) is 30.3 Å². The molecule has 1 aliphatic heterocycles. The highest BCUT2D eigenvalue weighted by Gasteiger charge is 2.26. The molecule has 0 unspecified atom stereocenters. The Kier molecular flexibility index (Phi) is 6.09. The minimum atomic E-state index is -0.0937. The molecule has 0 atom stereocenters. The summed E-state index contributed by atoms with van der Waals surface area (Å²) in [6, 6.07) is 15.0. The number of anilines is 3. The summed E-state index contributed by atoms with van der Waals surface area (Å²) in [6.45, 7) is 5.10. The predicted molar refractivity (Wildman–Crippen MR) is 126 cm³/mol. The largest absolute Gasteiger partial charge is 0.357 e. The van der Waals surface area contributed by atoms with Gasteiger partial charge in [-0.3, -0.25) is 9.59 Å². The lowest BCUT2D eigenvalue weighted by Gasteiger charge is -2.32. The zero-order valence-corrected chi connectivity index (χ0v) is 18.4. The Balaban J connectivity index is 1.43. The van der Waals surface area contributed by atoms with Crippen LogP contribution in [0.3, 0.4) is 0 Å². The SMILES string of the molecule is CC(=O)Nc1ccc2nc(N3CCC(C(=O)Nc4cccc(Cl)c4)CC3)cc(C)c2c1. The molecule has 1 fully saturated rings. The summed E-state index contributed by atoms with van der Waals surface area (Å²) in [5.41, 5.74) is 3.49. The molecule has 1 saturated heterocycles. The van der Waals surface area contributed by atoms with Gasteiger partial charge >= 0.3 is 0 Å². The van der Waals surface area contributed by atoms with Crippen molar-refractivity contribution in [1.29, 1.82) is 0 Å². The number of rotatable bonds is 4. The first kappa shape index (κ1) is 21.1. The third-order valence-electron chi connectivity index (χ3n) is 5.60. The van der Waals surface area contributed by atoms with Crippen molar-refractivity contribution in [3.8, 4) is 0 Å². The van der Waals surface area contributed by atoms with Crippen LogP contribution in [0.25, 0.3) is 10.9 Å². The molecule has 7 heteroatoms. The van der Waals surface area contributed by atoms with Crippen LogP contribution in [0.4, 0.5) is 17.2 Å². The predicted octanol–water partition coefficient (Wildman–Crippen LogP) is 5.01. The maximum Gasteiger partial charge on any atom is 0.227 e. The van der Waals surface area contributed by atoms with Gasteiger partial charge in [-0.2, -0.15) is 0 Å². The monoisotopic (exact) mass is 436 g/mol. The van der Waals surface area contributed by atoms with Gasteiger partial charge in [-0.05, 0) is 67.8 Å². The Morgan fingerprint density at radius 1 is 1.03 bits per heavy atom. The fourth-order valence-electron chi connectivity index (χ4n) is 4.00. The van der Waals surface area contributed by atoms with Crippen molar-refractivity contribution in [1.82, 2.24) is 4.98 Å². The van der Waals surface area contributed by atoms with E-state index >= 15 is 0 Å². The number of nitrogens with one attached hydrogen (secondary N) is 2. The summed E-state index contributed by atoms with van der Waals surface area (Å²) in [6.07, 6.45) is 1.54. The first-order valence-corrected chi connectivity index (χ1v) is 10.8. The number of fused-ring (bicyclic) bond motifs is 1. The van der Waals surface area contributed by atoms with Crippen LogP contribution in [0.15, 0.2) is 48.5 Å². The lowest BCUT2D eigenvalue weighted by atomic mass is 9.95. The third kappa shape index (κ3) is 4.97. The van der Waals surface area contributed by atoms with E-state index in [1.165, 1.54) is 6.92 Å². The lowest BCUT2D eigenvalue weighted by Crippen LogP contribution is -2.38. The molecule has 2 heterocycles. The second-order valence-electron chi connectivity index (χ2n) is 7.97. The van der Waals surface area contributed by atoms with E-state index in [9.17, 15) is 9.59 Å². The topological polar surface area (TPSA) is 74.3 Å². The molecule has 1 aromatic heterocycles. The fraction of sp³-hybridized carbons (Fsp3) is 0.292. The molecule has 0 radical (unpaired) electrons. The second kappa shape index (κ2) is 8.94. The van der Waals surface area contributed by atoms with Crippen LogP contribution in [-0.4, -0.2) is 29.9 Å². The number of hydrogen-bond donors (Lipinski definition) is 2. The maximum absolute atomic E-state index is 12.6. The minimum absolute atomic E-state index is 0.0306. The van der Waals surface area contributed by atoms with Crippen LogP contribution < -0.4 is 15.5 Å². The molecule has 0 aliphatic carbocycles. The van der Waals surface area contributed by atoms with E-state index in [0.29, 0.717) is 5.02 Å². The van der Waals surface area contributed by atoms with Gasteiger partial charge in [-0.15, -0.1) is 0 Å². The van der Waals surface area contributed by atoms with Crippen molar-refractivity contribution in [2.45, 2.75) is 26.7 Å². The molecule has 31 heavy (non-hydrogen) atoms. The molecule has 2 amide bonds. The zero-order chi connectivity index (χ0) is 22.0. The van der Waals surface area contributed by atoms with Gasteiger partial charge < -0.3 is 15.5 Å². The highest BCUT2D eigenvalue weighted by molar-refractivity contribution is 6.30. The van der Waals surface area contributed by atoms with Crippen molar-refractivity contribution in [3.05, 3.63) is 59.1 Å². The highest BCUT2D eigenvalue weighted by Crippen LogP contribution is 2.28. The molecule has 6 nitrogen and oxygen atoms in total. The number of hydrogen-bond acceptors (Lipinski definition) is 4. The van der Waals surface area contributed by atoms with Gasteiger partial charge in [0.15, 0.2) is 0 Å². The standard InChI is InChI=1S/C24H25ClN4O2/c1-15-12-23(28-22-7-6-20(14-21(15)22)26-16(2)30)29-10-8-17(9-11-29)24(31)27-19-5-3-4-18(25)13-19/h3-7,12-14,17H,8-11H2,1-2H3,(H,26,30)(H,27,31). The van der Waals surface area contributed by atoms with E-state index in [0.717, 1.165) is 59.6 Å². The number of piperidine rings is 1. The first-order valence-electron chi connectivity index (χ1n) is 10.4. The van der Waals surface area contributed by atoms with Crippen molar-refractivity contribution in [3.63, 3.8) is 0 Å². The molecule has 0 bridgehead atoms. The van der Waals surface area contributed by atoms with E-state index in [-0.39, 0.29) is 17.7 Å². The van der Waals surface area contributed by atoms with E-state index in [4.69, 9.17) is 16.6 Å². The minimum Gasteiger partial charge on any atom is -0.357 e. The summed E-state index contributed by atoms with van der Waals surface area (Å²) < 4.78 is 0. The molecule has 4 rings (SSSR count). The van der Waals surface area contributed by atoms with Gasteiger partial charge in [0.2, 0.25) is 11.8 Å². The third-order valence-corrected chi connectivity index (χ3v) is 5.84. The number of pyridine rings is 1. The molecule has 1 aliphatic rings. The Bertz CT molecular complexity index is 1140. The summed E-state index contributed by atoms with van der Waals surface area (Å²) in [5, 5.41) is 7.41. The van der Waals surface area contributed by atoms with Crippen LogP contribution in [-0.2, 0) is 9.59 Å². The first-order chi connectivity index (χ1) is 14.9. The number of aryl methyl sites for hydroxylation is 1. The lowest BCUT2D eigenvalue weighted by molar-refractivity contribution is -0.120. The molecule has 160 valence electrons. The van der Waals surface area contributed by atoms with E-state index in [2.05, 4.69) is 28.5 Å². The molecule has 0 spiro atoms. The zero-order valence-electron chi connectivity index (χ0n) is 17.6. The van der Waals surface area contributed by atoms with Crippen LogP contribution in [0, 0.1) is 12.8 Å². The number of benzene rings is 2. The van der Waals surface area contributed by atoms with Gasteiger partial charge in [0.1, 0.15) is 5.82 Å². The van der Waals surface area contributed by atoms with Gasteiger partial charge in [-0.25, -0.2) is 4.98 Å². The summed E-state index contributed by atoms with van der Waals surface area (Å²) in [7, 11) is 0. The normalized spacial score (nSPS) is 14.5. The van der Waals surface area contributed by atoms with Crippen LogP contribution in [0.5, 0.6) is 0 Å². The van der Waals surface area contributed by atoms with Gasteiger partial charge in [0.05, 0.1) is 5.52 Å². The molecule has 2 N–H and O–H groups in total. The summed E-state index contributed by atoms with van der Waals surface area (Å²) >= 11 is 6.00. The Hall–Kier alpha value is -3.12. The molecular weight excluding hydrogens is 412 g/mol. The van der Waals surface area contributed by atoms with E-state index in [1.54, 1.807) is 12.1 Å². The molecule has 3 aromatic rings. The fourth-order valence-corrected chi connectivity index (χ4v) is 4.19. The Morgan fingerprint density at radius 2 is 1.77 bits per heavy atom. The number of halogens is 1. The molecular formula is C24H25ClN4O2. The van der Waals surface area contributed by atoms with Crippen molar-refractivity contribution in [2.75, 3.05) is 28.6 Å². The van der Waals surface area contributed by atoms with Gasteiger partial charge in [0.25, 0.3) is 0 Å². The summed E-state index contributed by atoms with van der Waals surface area (Å²) in [4.78, 5) is 31.0.